The van der Waals surface area contributed by atoms with Crippen LogP contribution < -0.4 is 0 Å². The van der Waals surface area contributed by atoms with Gasteiger partial charge in [0.25, 0.3) is 0 Å². The molecule has 1 fully saturated rings. The molecule has 0 aliphatic carbocycles. The van der Waals surface area contributed by atoms with Gasteiger partial charge in [0, 0.05) is 13.1 Å². The molecular formula is C13H23NO5. The van der Waals surface area contributed by atoms with Crippen molar-refractivity contribution in [3.63, 3.8) is 0 Å². The zero-order valence-electron chi connectivity index (χ0n) is 12.2. The van der Waals surface area contributed by atoms with Crippen molar-refractivity contribution in [2.75, 3.05) is 20.2 Å². The minimum absolute atomic E-state index is 0.0930. The van der Waals surface area contributed by atoms with Gasteiger partial charge in [-0.25, -0.2) is 4.79 Å². The Hall–Kier alpha value is -1.30. The van der Waals surface area contributed by atoms with Gasteiger partial charge in [-0.3, -0.25) is 4.79 Å². The molecule has 1 aliphatic heterocycles. The molecule has 6 nitrogen and oxygen atoms in total. The van der Waals surface area contributed by atoms with E-state index < -0.39 is 29.2 Å². The Labute approximate surface area is 113 Å². The molecule has 0 aromatic rings. The molecule has 6 heteroatoms. The summed E-state index contributed by atoms with van der Waals surface area (Å²) < 4.78 is 9.99. The maximum Gasteiger partial charge on any atom is 0.410 e. The molecule has 110 valence electrons. The molecule has 0 bridgehead atoms. The Morgan fingerprint density at radius 2 is 1.95 bits per heavy atom. The van der Waals surface area contributed by atoms with Crippen molar-refractivity contribution in [3.8, 4) is 0 Å². The lowest BCUT2D eigenvalue weighted by atomic mass is 9.79. The van der Waals surface area contributed by atoms with Crippen molar-refractivity contribution in [3.05, 3.63) is 0 Å². The van der Waals surface area contributed by atoms with E-state index in [-0.39, 0.29) is 6.54 Å². The quantitative estimate of drug-likeness (QED) is 0.726. The van der Waals surface area contributed by atoms with Gasteiger partial charge in [-0.15, -0.1) is 0 Å². The third-order valence-electron chi connectivity index (χ3n) is 3.23. The fourth-order valence-electron chi connectivity index (χ4n) is 2.09. The van der Waals surface area contributed by atoms with Crippen molar-refractivity contribution < 1.29 is 24.2 Å². The first-order valence-corrected chi connectivity index (χ1v) is 6.34. The molecule has 0 aromatic carbocycles. The summed E-state index contributed by atoms with van der Waals surface area (Å²) in [5.41, 5.74) is -1.70. The Bertz CT molecular complexity index is 363. The smallest absolute Gasteiger partial charge is 0.410 e. The third-order valence-corrected chi connectivity index (χ3v) is 3.23. The number of amides is 1. The van der Waals surface area contributed by atoms with E-state index in [2.05, 4.69) is 0 Å². The Morgan fingerprint density at radius 1 is 1.37 bits per heavy atom. The molecule has 1 unspecified atom stereocenters. The number of rotatable bonds is 1. The maximum absolute atomic E-state index is 12.0. The normalized spacial score (nSPS) is 27.9. The van der Waals surface area contributed by atoms with Crippen LogP contribution in [-0.2, 0) is 14.3 Å². The summed E-state index contributed by atoms with van der Waals surface area (Å²) in [4.78, 5) is 25.2. The zero-order valence-corrected chi connectivity index (χ0v) is 12.2. The number of hydrogen-bond donors (Lipinski definition) is 1. The van der Waals surface area contributed by atoms with Gasteiger partial charge < -0.3 is 19.5 Å². The van der Waals surface area contributed by atoms with E-state index in [4.69, 9.17) is 9.47 Å². The van der Waals surface area contributed by atoms with Crippen LogP contribution in [0.3, 0.4) is 0 Å². The van der Waals surface area contributed by atoms with E-state index in [1.54, 1.807) is 27.7 Å². The summed E-state index contributed by atoms with van der Waals surface area (Å²) in [6.07, 6.45) is -0.974. The minimum atomic E-state index is -1.11. The molecule has 1 amide bonds. The fourth-order valence-corrected chi connectivity index (χ4v) is 2.09. The second-order valence-corrected chi connectivity index (χ2v) is 6.12. The Kier molecular flexibility index (Phi) is 4.45. The third kappa shape index (κ3) is 3.59. The molecule has 0 saturated carbocycles. The van der Waals surface area contributed by atoms with Crippen LogP contribution in [0.5, 0.6) is 0 Å². The Balaban J connectivity index is 2.80. The number of carbonyl (C=O) groups is 2. The van der Waals surface area contributed by atoms with Gasteiger partial charge in [0.05, 0.1) is 13.2 Å². The van der Waals surface area contributed by atoms with Crippen molar-refractivity contribution in [2.24, 2.45) is 5.41 Å². The highest BCUT2D eigenvalue weighted by Crippen LogP contribution is 2.32. The number of aliphatic hydroxyl groups excluding tert-OH is 1. The average molecular weight is 273 g/mol. The monoisotopic (exact) mass is 273 g/mol. The summed E-state index contributed by atoms with van der Waals surface area (Å²) in [6.45, 7) is 7.40. The van der Waals surface area contributed by atoms with Crippen molar-refractivity contribution >= 4 is 12.1 Å². The number of aliphatic hydroxyl groups is 1. The van der Waals surface area contributed by atoms with Crippen LogP contribution in [0.15, 0.2) is 0 Å². The Morgan fingerprint density at radius 3 is 2.42 bits per heavy atom. The highest BCUT2D eigenvalue weighted by Gasteiger charge is 2.47. The van der Waals surface area contributed by atoms with E-state index in [0.29, 0.717) is 13.0 Å². The number of likely N-dealkylation sites (tertiary alicyclic amines) is 1. The number of piperidine rings is 1. The standard InChI is InChI=1S/C13H23NO5/c1-12(2,3)19-11(17)14-7-6-9(15)13(4,8-14)10(16)18-5/h9,15H,6-8H2,1-5H3/t9?,13-/m1/s1. The van der Waals surface area contributed by atoms with Crippen molar-refractivity contribution in [2.45, 2.75) is 45.8 Å². The number of carbonyl (C=O) groups excluding carboxylic acids is 2. The van der Waals surface area contributed by atoms with Crippen LogP contribution in [0, 0.1) is 5.41 Å². The number of esters is 1. The van der Waals surface area contributed by atoms with Gasteiger partial charge in [-0.2, -0.15) is 0 Å². The van der Waals surface area contributed by atoms with Gasteiger partial charge >= 0.3 is 12.1 Å². The van der Waals surface area contributed by atoms with Gasteiger partial charge in [0.15, 0.2) is 0 Å². The average Bonchev–Trinajstić information content (AvgIpc) is 2.29. The zero-order chi connectivity index (χ0) is 14.8. The lowest BCUT2D eigenvalue weighted by Gasteiger charge is -2.41. The lowest BCUT2D eigenvalue weighted by molar-refractivity contribution is -0.164. The highest BCUT2D eigenvalue weighted by molar-refractivity contribution is 5.79. The largest absolute Gasteiger partial charge is 0.468 e. The van der Waals surface area contributed by atoms with Crippen LogP contribution in [0.2, 0.25) is 0 Å². The molecule has 0 radical (unpaired) electrons. The summed E-state index contributed by atoms with van der Waals surface area (Å²) >= 11 is 0. The first-order valence-electron chi connectivity index (χ1n) is 6.34. The fraction of sp³-hybridized carbons (Fsp3) is 0.846. The predicted octanol–water partition coefficient (Wildman–Crippen LogP) is 1.17. The van der Waals surface area contributed by atoms with Crippen molar-refractivity contribution in [1.29, 1.82) is 0 Å². The second kappa shape index (κ2) is 5.36. The number of methoxy groups -OCH3 is 1. The summed E-state index contributed by atoms with van der Waals surface area (Å²) in [6, 6.07) is 0. The molecule has 1 saturated heterocycles. The number of nitrogens with zero attached hydrogens (tertiary/aromatic N) is 1. The van der Waals surface area contributed by atoms with Gasteiger partial charge in [0.2, 0.25) is 0 Å². The van der Waals surface area contributed by atoms with Crippen molar-refractivity contribution in [1.82, 2.24) is 4.90 Å². The van der Waals surface area contributed by atoms with Crippen LogP contribution in [-0.4, -0.2) is 54.0 Å². The molecule has 1 N–H and O–H groups in total. The molecule has 1 aliphatic rings. The molecule has 1 rings (SSSR count). The van der Waals surface area contributed by atoms with Gasteiger partial charge in [0.1, 0.15) is 11.0 Å². The molecule has 19 heavy (non-hydrogen) atoms. The SMILES string of the molecule is COC(=O)[C@]1(C)CN(C(=O)OC(C)(C)C)CCC1O. The van der Waals surface area contributed by atoms with Gasteiger partial charge in [-0.1, -0.05) is 0 Å². The maximum atomic E-state index is 12.0. The van der Waals surface area contributed by atoms with Gasteiger partial charge in [-0.05, 0) is 34.1 Å². The number of hydrogen-bond acceptors (Lipinski definition) is 5. The highest BCUT2D eigenvalue weighted by atomic mass is 16.6. The first-order chi connectivity index (χ1) is 8.60. The summed E-state index contributed by atoms with van der Waals surface area (Å²) in [7, 11) is 1.27. The topological polar surface area (TPSA) is 76.1 Å². The molecule has 0 aromatic heterocycles. The molecule has 1 heterocycles. The van der Waals surface area contributed by atoms with E-state index in [0.717, 1.165) is 0 Å². The summed E-state index contributed by atoms with van der Waals surface area (Å²) in [5, 5.41) is 9.98. The van der Waals surface area contributed by atoms with Crippen LogP contribution in [0.25, 0.3) is 0 Å². The van der Waals surface area contributed by atoms with E-state index >= 15 is 0 Å². The van der Waals surface area contributed by atoms with E-state index in [1.807, 2.05) is 0 Å². The molecular weight excluding hydrogens is 250 g/mol. The van der Waals surface area contributed by atoms with Crippen LogP contribution >= 0.6 is 0 Å². The summed E-state index contributed by atoms with van der Waals surface area (Å²) in [5.74, 6) is -0.520. The predicted molar refractivity (Wildman–Crippen MR) is 68.6 cm³/mol. The van der Waals surface area contributed by atoms with Crippen LogP contribution in [0.1, 0.15) is 34.1 Å². The minimum Gasteiger partial charge on any atom is -0.468 e. The molecule has 0 spiro atoms. The van der Waals surface area contributed by atoms with Crippen LogP contribution in [0.4, 0.5) is 4.79 Å². The second-order valence-electron chi connectivity index (χ2n) is 6.12. The molecule has 2 atom stereocenters. The van der Waals surface area contributed by atoms with E-state index in [9.17, 15) is 14.7 Å². The van der Waals surface area contributed by atoms with E-state index in [1.165, 1.54) is 12.0 Å². The first kappa shape index (κ1) is 15.8. The lowest BCUT2D eigenvalue weighted by Crippen LogP contribution is -2.56. The number of ether oxygens (including phenoxy) is 2.